The summed E-state index contributed by atoms with van der Waals surface area (Å²) in [5.74, 6) is 1.17. The van der Waals surface area contributed by atoms with E-state index >= 15 is 0 Å². The third kappa shape index (κ3) is 4.98. The molecule has 2 aromatic rings. The van der Waals surface area contributed by atoms with E-state index in [0.717, 1.165) is 16.7 Å². The number of para-hydroxylation sites is 1. The lowest BCUT2D eigenvalue weighted by atomic mass is 10.2. The van der Waals surface area contributed by atoms with Crippen LogP contribution >= 0.6 is 0 Å². The van der Waals surface area contributed by atoms with Crippen molar-refractivity contribution in [1.29, 1.82) is 0 Å². The summed E-state index contributed by atoms with van der Waals surface area (Å²) in [6.45, 7) is 0.319. The van der Waals surface area contributed by atoms with Gasteiger partial charge in [0.2, 0.25) is 0 Å². The molecule has 0 atom stereocenters. The number of furan rings is 1. The van der Waals surface area contributed by atoms with Crippen LogP contribution in [-0.4, -0.2) is 32.3 Å². The maximum absolute atomic E-state index is 12.1. The van der Waals surface area contributed by atoms with Crippen LogP contribution in [0.2, 0.25) is 0 Å². The van der Waals surface area contributed by atoms with Crippen molar-refractivity contribution in [2.45, 2.75) is 19.0 Å². The molecule has 7 heteroatoms. The van der Waals surface area contributed by atoms with E-state index in [1.807, 2.05) is 30.3 Å². The van der Waals surface area contributed by atoms with E-state index in [2.05, 4.69) is 15.6 Å². The van der Waals surface area contributed by atoms with Gasteiger partial charge in [0.05, 0.1) is 6.42 Å². The van der Waals surface area contributed by atoms with E-state index in [9.17, 15) is 13.2 Å². The molecule has 0 unspecified atom stereocenters. The van der Waals surface area contributed by atoms with Crippen LogP contribution in [0.5, 0.6) is 0 Å². The number of fused-ring (bicyclic) bond motifs is 1. The topological polar surface area (TPSA) is 49.6 Å². The summed E-state index contributed by atoms with van der Waals surface area (Å²) in [6.07, 6.45) is -4.44. The van der Waals surface area contributed by atoms with Gasteiger partial charge in [-0.3, -0.25) is 4.99 Å². The highest BCUT2D eigenvalue weighted by molar-refractivity contribution is 5.79. The monoisotopic (exact) mass is 313 g/mol. The Hall–Kier alpha value is -2.18. The van der Waals surface area contributed by atoms with E-state index < -0.39 is 12.6 Å². The largest absolute Gasteiger partial charge is 0.461 e. The highest BCUT2D eigenvalue weighted by atomic mass is 19.4. The average Bonchev–Trinajstić information content (AvgIpc) is 2.87. The number of alkyl halides is 3. The first-order chi connectivity index (χ1) is 10.5. The lowest BCUT2D eigenvalue weighted by Crippen LogP contribution is -2.39. The summed E-state index contributed by atoms with van der Waals surface area (Å²) < 4.78 is 41.9. The highest BCUT2D eigenvalue weighted by Gasteiger charge is 2.26. The van der Waals surface area contributed by atoms with Crippen molar-refractivity contribution in [2.75, 3.05) is 20.1 Å². The summed E-state index contributed by atoms with van der Waals surface area (Å²) in [5, 5.41) is 6.62. The van der Waals surface area contributed by atoms with Crippen molar-refractivity contribution in [1.82, 2.24) is 10.6 Å². The van der Waals surface area contributed by atoms with Crippen molar-refractivity contribution >= 4 is 16.9 Å². The van der Waals surface area contributed by atoms with E-state index in [1.54, 1.807) is 0 Å². The molecule has 0 saturated carbocycles. The molecule has 0 amide bonds. The second kappa shape index (κ2) is 7.20. The first-order valence-corrected chi connectivity index (χ1v) is 6.96. The quantitative estimate of drug-likeness (QED) is 0.659. The van der Waals surface area contributed by atoms with E-state index in [-0.39, 0.29) is 6.54 Å². The average molecular weight is 313 g/mol. The Bertz CT molecular complexity index is 601. The molecule has 2 N–H and O–H groups in total. The fraction of sp³-hybridized carbons (Fsp3) is 0.400. The molecule has 2 rings (SSSR count). The molecule has 0 radical (unpaired) electrons. The van der Waals surface area contributed by atoms with Crippen LogP contribution in [0.15, 0.2) is 39.7 Å². The number of hydrogen-bond acceptors (Lipinski definition) is 2. The van der Waals surface area contributed by atoms with Crippen molar-refractivity contribution < 1.29 is 17.6 Å². The maximum atomic E-state index is 12.1. The number of halogens is 3. The number of nitrogens with one attached hydrogen (secondary N) is 2. The molecular weight excluding hydrogens is 295 g/mol. The van der Waals surface area contributed by atoms with E-state index in [0.29, 0.717) is 18.9 Å². The molecule has 0 saturated heterocycles. The van der Waals surface area contributed by atoms with Crippen LogP contribution in [-0.2, 0) is 6.42 Å². The smallest absolute Gasteiger partial charge is 0.390 e. The Balaban J connectivity index is 1.76. The zero-order valence-electron chi connectivity index (χ0n) is 12.2. The lowest BCUT2D eigenvalue weighted by Gasteiger charge is -2.12. The predicted octanol–water partition coefficient (Wildman–Crippen LogP) is 3.09. The van der Waals surface area contributed by atoms with Crippen LogP contribution in [0, 0.1) is 0 Å². The van der Waals surface area contributed by atoms with Gasteiger partial charge < -0.3 is 15.1 Å². The Morgan fingerprint density at radius 1 is 1.18 bits per heavy atom. The molecule has 0 spiro atoms. The van der Waals surface area contributed by atoms with Crippen molar-refractivity contribution in [3.05, 3.63) is 36.1 Å². The van der Waals surface area contributed by atoms with Crippen molar-refractivity contribution in [3.8, 4) is 0 Å². The second-order valence-electron chi connectivity index (χ2n) is 4.79. The van der Waals surface area contributed by atoms with Gasteiger partial charge >= 0.3 is 6.18 Å². The van der Waals surface area contributed by atoms with Gasteiger partial charge in [-0.25, -0.2) is 0 Å². The first-order valence-electron chi connectivity index (χ1n) is 6.96. The maximum Gasteiger partial charge on any atom is 0.390 e. The Morgan fingerprint density at radius 3 is 2.59 bits per heavy atom. The van der Waals surface area contributed by atoms with Gasteiger partial charge in [0.15, 0.2) is 5.96 Å². The number of hydrogen-bond donors (Lipinski definition) is 2. The standard InChI is InChI=1S/C15H18F3N3O/c1-19-14(21-9-7-15(16,17)18)20-8-6-12-10-11-4-2-3-5-13(11)22-12/h2-5,10H,6-9H2,1H3,(H2,19,20,21). The number of rotatable bonds is 5. The summed E-state index contributed by atoms with van der Waals surface area (Å²) >= 11 is 0. The molecular formula is C15H18F3N3O. The molecule has 1 aromatic heterocycles. The molecule has 0 aliphatic heterocycles. The van der Waals surface area contributed by atoms with Gasteiger partial charge in [0.25, 0.3) is 0 Å². The molecule has 0 aliphatic rings. The van der Waals surface area contributed by atoms with Gasteiger partial charge in [-0.15, -0.1) is 0 Å². The summed E-state index contributed by atoms with van der Waals surface area (Å²) in [5.41, 5.74) is 0.824. The molecule has 1 heterocycles. The molecule has 4 nitrogen and oxygen atoms in total. The molecule has 120 valence electrons. The SMILES string of the molecule is CN=C(NCCc1cc2ccccc2o1)NCCC(F)(F)F. The summed E-state index contributed by atoms with van der Waals surface area (Å²) in [4.78, 5) is 3.88. The van der Waals surface area contributed by atoms with Crippen LogP contribution in [0.25, 0.3) is 11.0 Å². The molecule has 22 heavy (non-hydrogen) atoms. The summed E-state index contributed by atoms with van der Waals surface area (Å²) in [6, 6.07) is 9.65. The minimum absolute atomic E-state index is 0.201. The number of aliphatic imine (C=N–C) groups is 1. The van der Waals surface area contributed by atoms with E-state index in [1.165, 1.54) is 7.05 Å². The first kappa shape index (κ1) is 16.2. The molecule has 0 bridgehead atoms. The number of nitrogens with zero attached hydrogens (tertiary/aromatic N) is 1. The normalized spacial score (nSPS) is 12.6. The predicted molar refractivity (Wildman–Crippen MR) is 80.0 cm³/mol. The number of benzene rings is 1. The van der Waals surface area contributed by atoms with Crippen molar-refractivity contribution in [2.24, 2.45) is 4.99 Å². The van der Waals surface area contributed by atoms with Crippen LogP contribution in [0.4, 0.5) is 13.2 Å². The molecule has 1 aromatic carbocycles. The fourth-order valence-corrected chi connectivity index (χ4v) is 2.01. The van der Waals surface area contributed by atoms with Gasteiger partial charge in [0, 0.05) is 31.9 Å². The Morgan fingerprint density at radius 2 is 1.91 bits per heavy atom. The van der Waals surface area contributed by atoms with Gasteiger partial charge in [-0.1, -0.05) is 18.2 Å². The van der Waals surface area contributed by atoms with Crippen LogP contribution in [0.1, 0.15) is 12.2 Å². The van der Waals surface area contributed by atoms with Gasteiger partial charge in [-0.05, 0) is 12.1 Å². The summed E-state index contributed by atoms with van der Waals surface area (Å²) in [7, 11) is 1.52. The Labute approximate surface area is 126 Å². The highest BCUT2D eigenvalue weighted by Crippen LogP contribution is 2.19. The van der Waals surface area contributed by atoms with Gasteiger partial charge in [0.1, 0.15) is 11.3 Å². The van der Waals surface area contributed by atoms with Crippen LogP contribution < -0.4 is 10.6 Å². The lowest BCUT2D eigenvalue weighted by molar-refractivity contribution is -0.132. The Kier molecular flexibility index (Phi) is 5.30. The third-order valence-corrected chi connectivity index (χ3v) is 3.06. The zero-order valence-corrected chi connectivity index (χ0v) is 12.2. The second-order valence-corrected chi connectivity index (χ2v) is 4.79. The van der Waals surface area contributed by atoms with E-state index in [4.69, 9.17) is 4.42 Å². The minimum Gasteiger partial charge on any atom is -0.461 e. The number of guanidine groups is 1. The third-order valence-electron chi connectivity index (χ3n) is 3.06. The fourth-order valence-electron chi connectivity index (χ4n) is 2.01. The van der Waals surface area contributed by atoms with Crippen LogP contribution in [0.3, 0.4) is 0 Å². The molecule has 0 aliphatic carbocycles. The van der Waals surface area contributed by atoms with Gasteiger partial charge in [-0.2, -0.15) is 13.2 Å². The van der Waals surface area contributed by atoms with Crippen molar-refractivity contribution in [3.63, 3.8) is 0 Å². The minimum atomic E-state index is -4.17. The zero-order chi connectivity index (χ0) is 16.0. The molecule has 0 fully saturated rings.